The van der Waals surface area contributed by atoms with Gasteiger partial charge in [0, 0.05) is 23.2 Å². The Hall–Kier alpha value is -3.07. The van der Waals surface area contributed by atoms with Crippen LogP contribution in [0.3, 0.4) is 0 Å². The molecule has 2 fully saturated rings. The summed E-state index contributed by atoms with van der Waals surface area (Å²) in [6.45, 7) is 14.0. The second-order valence-electron chi connectivity index (χ2n) is 14.3. The molecular formula is C37H51NO7. The molecule has 0 bridgehead atoms. The Morgan fingerprint density at radius 3 is 2.33 bits per heavy atom. The Morgan fingerprint density at radius 2 is 1.67 bits per heavy atom. The second kappa shape index (κ2) is 13.3. The van der Waals surface area contributed by atoms with E-state index in [0.29, 0.717) is 48.9 Å². The topological polar surface area (TPSA) is 81.5 Å². The van der Waals surface area contributed by atoms with Gasteiger partial charge in [0.15, 0.2) is 23.6 Å². The van der Waals surface area contributed by atoms with Crippen LogP contribution in [0.25, 0.3) is 0 Å². The van der Waals surface area contributed by atoms with Crippen LogP contribution < -0.4 is 9.47 Å². The fourth-order valence-electron chi connectivity index (χ4n) is 7.30. The van der Waals surface area contributed by atoms with E-state index in [4.69, 9.17) is 28.5 Å². The Morgan fingerprint density at radius 1 is 0.978 bits per heavy atom. The lowest BCUT2D eigenvalue weighted by atomic mass is 9.66. The molecule has 0 N–H and O–H groups in total. The molecule has 2 aromatic carbocycles. The molecule has 2 aromatic rings. The SMILES string of the molecule is C=CC1(CC[C@]2(c3ccc(OC)c(OC)c3)C=[N+]([O-])O[C@H](O[C@@H]3CCCC[C@H]3C(C)(C)c3ccccc3)C2)OCC(C)(C)CO1. The number of hydrogen-bond donors (Lipinski definition) is 0. The molecule has 0 aromatic heterocycles. The molecule has 4 atom stereocenters. The van der Waals surface area contributed by atoms with Gasteiger partial charge in [-0.25, -0.2) is 0 Å². The molecule has 246 valence electrons. The van der Waals surface area contributed by atoms with Gasteiger partial charge in [-0.3, -0.25) is 5.21 Å². The third kappa shape index (κ3) is 7.18. The lowest BCUT2D eigenvalue weighted by Crippen LogP contribution is -2.50. The smallest absolute Gasteiger partial charge is 0.220 e. The number of nitrogens with zero attached hydrogens (tertiary/aromatic N) is 1. The molecule has 0 spiro atoms. The van der Waals surface area contributed by atoms with E-state index in [-0.39, 0.29) is 22.9 Å². The van der Waals surface area contributed by atoms with Crippen molar-refractivity contribution in [3.05, 3.63) is 77.5 Å². The minimum atomic E-state index is -0.955. The van der Waals surface area contributed by atoms with Crippen LogP contribution in [0.15, 0.2) is 61.2 Å². The number of methoxy groups -OCH3 is 2. The number of ether oxygens (including phenoxy) is 5. The Kier molecular flexibility index (Phi) is 9.87. The van der Waals surface area contributed by atoms with Crippen LogP contribution in [0.1, 0.15) is 83.8 Å². The first kappa shape index (κ1) is 33.3. The van der Waals surface area contributed by atoms with Crippen molar-refractivity contribution in [3.63, 3.8) is 0 Å². The van der Waals surface area contributed by atoms with E-state index in [2.05, 4.69) is 64.6 Å². The molecule has 45 heavy (non-hydrogen) atoms. The van der Waals surface area contributed by atoms with Crippen molar-refractivity contribution in [2.24, 2.45) is 11.3 Å². The molecule has 8 heteroatoms. The van der Waals surface area contributed by atoms with Crippen LogP contribution in [-0.4, -0.2) is 56.7 Å². The highest BCUT2D eigenvalue weighted by Gasteiger charge is 2.48. The summed E-state index contributed by atoms with van der Waals surface area (Å²) < 4.78 is 30.7. The molecule has 1 saturated heterocycles. The highest BCUT2D eigenvalue weighted by Crippen LogP contribution is 2.46. The van der Waals surface area contributed by atoms with Gasteiger partial charge < -0.3 is 28.5 Å². The number of benzene rings is 2. The molecule has 2 aliphatic heterocycles. The van der Waals surface area contributed by atoms with Gasteiger partial charge in [-0.1, -0.05) is 83.5 Å². The van der Waals surface area contributed by atoms with E-state index in [0.717, 1.165) is 31.2 Å². The normalized spacial score (nSPS) is 28.0. The van der Waals surface area contributed by atoms with E-state index in [1.807, 2.05) is 18.2 Å². The Balaban J connectivity index is 1.46. The molecule has 1 aliphatic carbocycles. The highest BCUT2D eigenvalue weighted by atomic mass is 16.9. The van der Waals surface area contributed by atoms with Gasteiger partial charge in [0.25, 0.3) is 0 Å². The summed E-state index contributed by atoms with van der Waals surface area (Å²) in [5.74, 6) is 0.525. The Bertz CT molecular complexity index is 1330. The van der Waals surface area contributed by atoms with E-state index in [1.54, 1.807) is 26.5 Å². The third-order valence-electron chi connectivity index (χ3n) is 10.2. The quantitative estimate of drug-likeness (QED) is 0.190. The van der Waals surface area contributed by atoms with Crippen molar-refractivity contribution in [1.29, 1.82) is 0 Å². The molecule has 0 amide bonds. The summed E-state index contributed by atoms with van der Waals surface area (Å²) in [6, 6.07) is 16.5. The third-order valence-corrected chi connectivity index (χ3v) is 10.2. The zero-order chi connectivity index (χ0) is 32.3. The van der Waals surface area contributed by atoms with Gasteiger partial charge in [0.05, 0.1) is 39.0 Å². The Labute approximate surface area is 268 Å². The zero-order valence-corrected chi connectivity index (χ0v) is 27.9. The predicted octanol–water partition coefficient (Wildman–Crippen LogP) is 7.47. The molecule has 5 rings (SSSR count). The van der Waals surface area contributed by atoms with E-state index >= 15 is 0 Å². The molecule has 8 nitrogen and oxygen atoms in total. The van der Waals surface area contributed by atoms with Gasteiger partial charge in [0.2, 0.25) is 6.21 Å². The molecule has 2 heterocycles. The maximum Gasteiger partial charge on any atom is 0.220 e. The lowest BCUT2D eigenvalue weighted by molar-refractivity contribution is -0.771. The van der Waals surface area contributed by atoms with Crippen LogP contribution in [-0.2, 0) is 29.9 Å². The van der Waals surface area contributed by atoms with Crippen LogP contribution in [0.5, 0.6) is 11.5 Å². The van der Waals surface area contributed by atoms with E-state index in [9.17, 15) is 5.21 Å². The van der Waals surface area contributed by atoms with Gasteiger partial charge in [-0.05, 0) is 59.9 Å². The second-order valence-corrected chi connectivity index (χ2v) is 14.3. The van der Waals surface area contributed by atoms with E-state index in [1.165, 1.54) is 5.56 Å². The predicted molar refractivity (Wildman–Crippen MR) is 175 cm³/mol. The fraction of sp³-hybridized carbons (Fsp3) is 0.595. The molecule has 3 aliphatic rings. The first-order valence-corrected chi connectivity index (χ1v) is 16.3. The van der Waals surface area contributed by atoms with Crippen molar-refractivity contribution in [1.82, 2.24) is 0 Å². The maximum absolute atomic E-state index is 13.4. The zero-order valence-electron chi connectivity index (χ0n) is 27.9. The van der Waals surface area contributed by atoms with Crippen molar-refractivity contribution in [2.45, 2.75) is 102 Å². The standard InChI is InChI=1S/C37H51NO7/c1-8-37(42-25-34(2,3)26-43-37)21-20-36(28-18-19-31(40-6)32(22-28)41-7)23-33(45-38(39)24-36)44-30-17-13-12-16-29(30)35(4,5)27-14-10-9-11-15-27/h8-11,14-15,18-19,22,24,29-30,33H,1,12-13,16-17,20-21,23,25-26H2,2-7H3/t29-,30-,33+,36-/m1/s1. The minimum absolute atomic E-state index is 0.0553. The van der Waals surface area contributed by atoms with E-state index < -0.39 is 17.5 Å². The van der Waals surface area contributed by atoms with Crippen LogP contribution in [0, 0.1) is 16.5 Å². The van der Waals surface area contributed by atoms with Crippen molar-refractivity contribution < 1.29 is 33.4 Å². The van der Waals surface area contributed by atoms with Crippen molar-refractivity contribution >= 4 is 6.21 Å². The lowest BCUT2D eigenvalue weighted by Gasteiger charge is -2.46. The number of hydrogen-bond acceptors (Lipinski definition) is 7. The average Bonchev–Trinajstić information content (AvgIpc) is 3.04. The van der Waals surface area contributed by atoms with Crippen LogP contribution >= 0.6 is 0 Å². The average molecular weight is 622 g/mol. The molecule has 1 saturated carbocycles. The summed E-state index contributed by atoms with van der Waals surface area (Å²) in [4.78, 5) is 6.45. The first-order chi connectivity index (χ1) is 21.4. The first-order valence-electron chi connectivity index (χ1n) is 16.3. The highest BCUT2D eigenvalue weighted by molar-refractivity contribution is 5.71. The fourth-order valence-corrected chi connectivity index (χ4v) is 7.30. The summed E-state index contributed by atoms with van der Waals surface area (Å²) >= 11 is 0. The summed E-state index contributed by atoms with van der Waals surface area (Å²) in [6.07, 6.45) is 8.23. The van der Waals surface area contributed by atoms with Gasteiger partial charge in [0.1, 0.15) is 0 Å². The summed E-state index contributed by atoms with van der Waals surface area (Å²) in [5, 5.41) is 13.4. The summed E-state index contributed by atoms with van der Waals surface area (Å²) in [7, 11) is 3.23. The van der Waals surface area contributed by atoms with Crippen molar-refractivity contribution in [2.75, 3.05) is 27.4 Å². The maximum atomic E-state index is 13.4. The minimum Gasteiger partial charge on any atom is -0.493 e. The molecular weight excluding hydrogens is 570 g/mol. The molecule has 0 radical (unpaired) electrons. The van der Waals surface area contributed by atoms with Crippen molar-refractivity contribution in [3.8, 4) is 11.5 Å². The number of rotatable bonds is 11. The summed E-state index contributed by atoms with van der Waals surface area (Å²) in [5.41, 5.74) is 1.23. The van der Waals surface area contributed by atoms with Crippen LogP contribution in [0.2, 0.25) is 0 Å². The van der Waals surface area contributed by atoms with Crippen LogP contribution in [0.4, 0.5) is 0 Å². The monoisotopic (exact) mass is 621 g/mol. The van der Waals surface area contributed by atoms with Gasteiger partial charge >= 0.3 is 0 Å². The largest absolute Gasteiger partial charge is 0.493 e. The van der Waals surface area contributed by atoms with Gasteiger partial charge in [-0.15, -0.1) is 0 Å². The molecule has 0 unspecified atom stereocenters. The van der Waals surface area contributed by atoms with Gasteiger partial charge in [-0.2, -0.15) is 0 Å².